The third kappa shape index (κ3) is 5.33. The summed E-state index contributed by atoms with van der Waals surface area (Å²) in [6.07, 6.45) is 3.74. The molecule has 1 aliphatic rings. The Kier molecular flexibility index (Phi) is 6.07. The molecule has 0 aliphatic heterocycles. The summed E-state index contributed by atoms with van der Waals surface area (Å²) in [5.41, 5.74) is 2.28. The topological polar surface area (TPSA) is 58.6 Å². The molecule has 132 valence electrons. The van der Waals surface area contributed by atoms with Gasteiger partial charge >= 0.3 is 0 Å². The Balaban J connectivity index is 1.53. The third-order valence-corrected chi connectivity index (χ3v) is 4.63. The van der Waals surface area contributed by atoms with Gasteiger partial charge in [-0.15, -0.1) is 0 Å². The molecule has 0 spiro atoms. The highest BCUT2D eigenvalue weighted by molar-refractivity contribution is 5.77. The number of carbonyl (C=O) groups is 1. The van der Waals surface area contributed by atoms with Crippen LogP contribution in [-0.4, -0.2) is 29.8 Å². The molecule has 1 saturated carbocycles. The quantitative estimate of drug-likeness (QED) is 0.850. The van der Waals surface area contributed by atoms with Crippen molar-refractivity contribution in [3.63, 3.8) is 0 Å². The predicted molar refractivity (Wildman–Crippen MR) is 97.6 cm³/mol. The highest BCUT2D eigenvalue weighted by atomic mass is 16.5. The van der Waals surface area contributed by atoms with Crippen molar-refractivity contribution in [1.29, 1.82) is 0 Å². The van der Waals surface area contributed by atoms with Crippen LogP contribution in [0.1, 0.15) is 36.8 Å². The Morgan fingerprint density at radius 1 is 1.00 bits per heavy atom. The van der Waals surface area contributed by atoms with Gasteiger partial charge in [0.05, 0.1) is 6.10 Å². The zero-order valence-electron chi connectivity index (χ0n) is 14.4. The van der Waals surface area contributed by atoms with Gasteiger partial charge in [-0.2, -0.15) is 0 Å². The minimum atomic E-state index is -0.214. The number of aliphatic hydroxyl groups is 1. The fraction of sp³-hybridized carbons (Fsp3) is 0.381. The van der Waals surface area contributed by atoms with Crippen LogP contribution >= 0.6 is 0 Å². The molecule has 0 bridgehead atoms. The van der Waals surface area contributed by atoms with Gasteiger partial charge in [0, 0.05) is 12.5 Å². The number of hydrogen-bond donors (Lipinski definition) is 2. The molecule has 2 aromatic rings. The Hall–Kier alpha value is -2.33. The number of rotatable bonds is 6. The van der Waals surface area contributed by atoms with Gasteiger partial charge in [0.15, 0.2) is 6.61 Å². The maximum Gasteiger partial charge on any atom is 0.258 e. The second-order valence-corrected chi connectivity index (χ2v) is 6.63. The van der Waals surface area contributed by atoms with Crippen LogP contribution in [0.15, 0.2) is 54.6 Å². The van der Waals surface area contributed by atoms with Crippen LogP contribution in [-0.2, 0) is 11.2 Å². The predicted octanol–water partition coefficient (Wildman–Crippen LogP) is 3.08. The highest BCUT2D eigenvalue weighted by Crippen LogP contribution is 2.22. The van der Waals surface area contributed by atoms with Crippen molar-refractivity contribution < 1.29 is 14.6 Å². The Labute approximate surface area is 148 Å². The molecule has 0 saturated heterocycles. The average Bonchev–Trinajstić information content (AvgIpc) is 2.64. The summed E-state index contributed by atoms with van der Waals surface area (Å²) < 4.78 is 5.77. The average molecular weight is 339 g/mol. The molecule has 4 nitrogen and oxygen atoms in total. The first-order valence-corrected chi connectivity index (χ1v) is 8.93. The highest BCUT2D eigenvalue weighted by Gasteiger charge is 2.20. The molecular weight excluding hydrogens is 314 g/mol. The third-order valence-electron chi connectivity index (χ3n) is 4.63. The van der Waals surface area contributed by atoms with E-state index in [1.165, 1.54) is 5.56 Å². The molecule has 1 amide bonds. The number of carbonyl (C=O) groups excluding carboxylic acids is 1. The van der Waals surface area contributed by atoms with Crippen molar-refractivity contribution in [3.05, 3.63) is 65.7 Å². The van der Waals surface area contributed by atoms with Crippen LogP contribution in [0.3, 0.4) is 0 Å². The van der Waals surface area contributed by atoms with Crippen molar-refractivity contribution in [1.82, 2.24) is 5.32 Å². The zero-order valence-corrected chi connectivity index (χ0v) is 14.4. The summed E-state index contributed by atoms with van der Waals surface area (Å²) >= 11 is 0. The van der Waals surface area contributed by atoms with Crippen LogP contribution in [0.2, 0.25) is 0 Å². The Morgan fingerprint density at radius 2 is 1.68 bits per heavy atom. The number of para-hydroxylation sites is 1. The smallest absolute Gasteiger partial charge is 0.258 e. The van der Waals surface area contributed by atoms with E-state index in [-0.39, 0.29) is 24.7 Å². The van der Waals surface area contributed by atoms with Crippen LogP contribution < -0.4 is 10.1 Å². The second kappa shape index (κ2) is 8.67. The van der Waals surface area contributed by atoms with Gasteiger partial charge in [-0.1, -0.05) is 48.5 Å². The Bertz CT molecular complexity index is 679. The van der Waals surface area contributed by atoms with Crippen molar-refractivity contribution in [2.24, 2.45) is 0 Å². The van der Waals surface area contributed by atoms with Crippen LogP contribution in [0.4, 0.5) is 0 Å². The van der Waals surface area contributed by atoms with E-state index in [0.29, 0.717) is 0 Å². The van der Waals surface area contributed by atoms with Gasteiger partial charge in [0.25, 0.3) is 5.91 Å². The molecule has 3 rings (SSSR count). The van der Waals surface area contributed by atoms with Gasteiger partial charge in [0.1, 0.15) is 5.75 Å². The standard InChI is InChI=1S/C21H25NO3/c23-19-12-10-18(11-13-19)22-21(24)15-25-20-9-5-4-8-17(20)14-16-6-2-1-3-7-16/h1-9,18-19,23H,10-15H2,(H,22,24). The molecule has 0 atom stereocenters. The van der Waals surface area contributed by atoms with Gasteiger partial charge in [0.2, 0.25) is 0 Å². The fourth-order valence-corrected chi connectivity index (χ4v) is 3.24. The maximum atomic E-state index is 12.1. The summed E-state index contributed by atoms with van der Waals surface area (Å²) in [6, 6.07) is 18.2. The number of ether oxygens (including phenoxy) is 1. The summed E-state index contributed by atoms with van der Waals surface area (Å²) in [5, 5.41) is 12.5. The molecule has 25 heavy (non-hydrogen) atoms. The molecule has 4 heteroatoms. The van der Waals surface area contributed by atoms with Crippen molar-refractivity contribution in [2.45, 2.75) is 44.2 Å². The lowest BCUT2D eigenvalue weighted by atomic mass is 9.93. The lowest BCUT2D eigenvalue weighted by molar-refractivity contribution is -0.124. The van der Waals surface area contributed by atoms with E-state index >= 15 is 0 Å². The number of hydrogen-bond acceptors (Lipinski definition) is 3. The first kappa shape index (κ1) is 17.5. The summed E-state index contributed by atoms with van der Waals surface area (Å²) in [4.78, 5) is 12.1. The van der Waals surface area contributed by atoms with Gasteiger partial charge < -0.3 is 15.2 Å². The maximum absolute atomic E-state index is 12.1. The van der Waals surface area contributed by atoms with Crippen molar-refractivity contribution >= 4 is 5.91 Å². The molecular formula is C21H25NO3. The second-order valence-electron chi connectivity index (χ2n) is 6.63. The van der Waals surface area contributed by atoms with Gasteiger partial charge in [-0.25, -0.2) is 0 Å². The Morgan fingerprint density at radius 3 is 2.44 bits per heavy atom. The normalized spacial score (nSPS) is 20.0. The van der Waals surface area contributed by atoms with Gasteiger partial charge in [-0.05, 0) is 42.9 Å². The fourth-order valence-electron chi connectivity index (χ4n) is 3.24. The first-order chi connectivity index (χ1) is 12.2. The van der Waals surface area contributed by atoms with Crippen molar-refractivity contribution in [2.75, 3.05) is 6.61 Å². The molecule has 0 aromatic heterocycles. The molecule has 0 unspecified atom stereocenters. The van der Waals surface area contributed by atoms with E-state index in [4.69, 9.17) is 4.74 Å². The molecule has 1 fully saturated rings. The van der Waals surface area contributed by atoms with Crippen molar-refractivity contribution in [3.8, 4) is 5.75 Å². The van der Waals surface area contributed by atoms with Crippen LogP contribution in [0, 0.1) is 0 Å². The largest absolute Gasteiger partial charge is 0.483 e. The lowest BCUT2D eigenvalue weighted by Crippen LogP contribution is -2.40. The van der Waals surface area contributed by atoms with Crippen LogP contribution in [0.5, 0.6) is 5.75 Å². The molecule has 0 heterocycles. The number of benzene rings is 2. The van der Waals surface area contributed by atoms with E-state index in [0.717, 1.165) is 43.4 Å². The first-order valence-electron chi connectivity index (χ1n) is 8.93. The summed E-state index contributed by atoms with van der Waals surface area (Å²) in [7, 11) is 0. The minimum Gasteiger partial charge on any atom is -0.483 e. The molecule has 1 aliphatic carbocycles. The number of aliphatic hydroxyl groups excluding tert-OH is 1. The lowest BCUT2D eigenvalue weighted by Gasteiger charge is -2.26. The van der Waals surface area contributed by atoms with E-state index < -0.39 is 0 Å². The van der Waals surface area contributed by atoms with Crippen LogP contribution in [0.25, 0.3) is 0 Å². The monoisotopic (exact) mass is 339 g/mol. The van der Waals surface area contributed by atoms with Gasteiger partial charge in [-0.3, -0.25) is 4.79 Å². The zero-order chi connectivity index (χ0) is 17.5. The number of nitrogens with one attached hydrogen (secondary N) is 1. The SMILES string of the molecule is O=C(COc1ccccc1Cc1ccccc1)NC1CCC(O)CC1. The molecule has 2 N–H and O–H groups in total. The van der Waals surface area contributed by atoms with E-state index in [1.807, 2.05) is 42.5 Å². The molecule has 2 aromatic carbocycles. The summed E-state index contributed by atoms with van der Waals surface area (Å²) in [6.45, 7) is 0.0187. The van der Waals surface area contributed by atoms with E-state index in [1.54, 1.807) is 0 Å². The summed E-state index contributed by atoms with van der Waals surface area (Å²) in [5.74, 6) is 0.650. The van der Waals surface area contributed by atoms with E-state index in [9.17, 15) is 9.90 Å². The minimum absolute atomic E-state index is 0.0187. The number of amides is 1. The molecule has 0 radical (unpaired) electrons. The van der Waals surface area contributed by atoms with E-state index in [2.05, 4.69) is 17.4 Å².